The Morgan fingerprint density at radius 3 is 2.74 bits per heavy atom. The maximum absolute atomic E-state index is 13.0. The van der Waals surface area contributed by atoms with E-state index in [0.29, 0.717) is 13.1 Å². The number of methoxy groups -OCH3 is 1. The summed E-state index contributed by atoms with van der Waals surface area (Å²) in [5, 5.41) is 3.05. The van der Waals surface area contributed by atoms with Gasteiger partial charge in [0.2, 0.25) is 0 Å². The summed E-state index contributed by atoms with van der Waals surface area (Å²) in [7, 11) is 1.68. The summed E-state index contributed by atoms with van der Waals surface area (Å²) in [6, 6.07) is 12.1. The van der Waals surface area contributed by atoms with Gasteiger partial charge in [-0.2, -0.15) is 0 Å². The first-order valence-electron chi connectivity index (χ1n) is 11.9. The zero-order chi connectivity index (χ0) is 23.4. The first-order chi connectivity index (χ1) is 16.6. The van der Waals surface area contributed by atoms with Gasteiger partial charge in [-0.25, -0.2) is 4.98 Å². The number of hydrogen-bond donors (Lipinski definition) is 1. The van der Waals surface area contributed by atoms with Crippen molar-refractivity contribution in [2.24, 2.45) is 0 Å². The molecule has 1 unspecified atom stereocenters. The van der Waals surface area contributed by atoms with Gasteiger partial charge in [0.1, 0.15) is 17.2 Å². The number of likely N-dealkylation sites (tertiary alicyclic amines) is 1. The van der Waals surface area contributed by atoms with Crippen LogP contribution in [0, 0.1) is 0 Å². The number of amides is 1. The van der Waals surface area contributed by atoms with Crippen LogP contribution in [0.5, 0.6) is 5.75 Å². The number of carbonyl (C=O) groups is 1. The molecule has 8 nitrogen and oxygen atoms in total. The first-order valence-corrected chi connectivity index (χ1v) is 11.9. The van der Waals surface area contributed by atoms with E-state index in [4.69, 9.17) is 9.47 Å². The van der Waals surface area contributed by atoms with Crippen molar-refractivity contribution in [3.05, 3.63) is 78.1 Å². The molecule has 3 aromatic rings. The van der Waals surface area contributed by atoms with Gasteiger partial charge in [-0.15, -0.1) is 0 Å². The lowest BCUT2D eigenvalue weighted by atomic mass is 9.88. The molecule has 0 saturated carbocycles. The average Bonchev–Trinajstić information content (AvgIpc) is 3.36. The Morgan fingerprint density at radius 2 is 2.00 bits per heavy atom. The van der Waals surface area contributed by atoms with Crippen LogP contribution in [0.4, 0.5) is 0 Å². The number of carbonyl (C=O) groups excluding carboxylic acids is 1. The fourth-order valence-corrected chi connectivity index (χ4v) is 4.93. The highest BCUT2D eigenvalue weighted by Gasteiger charge is 2.47. The van der Waals surface area contributed by atoms with Gasteiger partial charge < -0.3 is 19.4 Å². The molecule has 2 aromatic heterocycles. The van der Waals surface area contributed by atoms with E-state index < -0.39 is 11.7 Å². The third kappa shape index (κ3) is 4.83. The molecule has 0 bridgehead atoms. The summed E-state index contributed by atoms with van der Waals surface area (Å²) in [5.74, 6) is 1.74. The number of nitrogens with zero attached hydrogens (tertiary/aromatic N) is 4. The zero-order valence-electron chi connectivity index (χ0n) is 19.5. The smallest absolute Gasteiger partial charge is 0.251 e. The molecule has 1 spiro atoms. The molecular formula is C26H31N5O3. The van der Waals surface area contributed by atoms with Gasteiger partial charge in [0.05, 0.1) is 13.7 Å². The second-order valence-corrected chi connectivity index (χ2v) is 9.03. The lowest BCUT2D eigenvalue weighted by molar-refractivity contribution is -0.173. The van der Waals surface area contributed by atoms with E-state index in [1.807, 2.05) is 42.9 Å². The molecule has 1 aromatic carbocycles. The molecular weight excluding hydrogens is 430 g/mol. The minimum Gasteiger partial charge on any atom is -0.497 e. The molecule has 2 aliphatic rings. The van der Waals surface area contributed by atoms with E-state index in [9.17, 15) is 4.79 Å². The molecule has 0 aliphatic carbocycles. The van der Waals surface area contributed by atoms with E-state index in [1.54, 1.807) is 13.3 Å². The largest absolute Gasteiger partial charge is 0.497 e. The summed E-state index contributed by atoms with van der Waals surface area (Å²) in [6.45, 7) is 3.70. The van der Waals surface area contributed by atoms with Crippen molar-refractivity contribution in [2.75, 3.05) is 26.7 Å². The van der Waals surface area contributed by atoms with Crippen LogP contribution in [0.25, 0.3) is 0 Å². The minimum atomic E-state index is -0.524. The van der Waals surface area contributed by atoms with Crippen LogP contribution in [0.15, 0.2) is 61.2 Å². The van der Waals surface area contributed by atoms with Gasteiger partial charge in [0.15, 0.2) is 6.10 Å². The summed E-state index contributed by atoms with van der Waals surface area (Å²) in [5.41, 5.74) is 1.84. The predicted molar refractivity (Wildman–Crippen MR) is 127 cm³/mol. The second kappa shape index (κ2) is 9.95. The van der Waals surface area contributed by atoms with Gasteiger partial charge in [-0.1, -0.05) is 18.2 Å². The van der Waals surface area contributed by atoms with Gasteiger partial charge in [-0.05, 0) is 48.6 Å². The van der Waals surface area contributed by atoms with Gasteiger partial charge in [0, 0.05) is 51.0 Å². The SMILES string of the molecule is COc1ccc(CN2CCC3(CC2)OC(C(=O)NCCc2cccnc2)Cn2ccnc23)cc1. The number of ether oxygens (including phenoxy) is 2. The number of nitrogens with one attached hydrogen (secondary N) is 1. The normalized spacial score (nSPS) is 19.5. The minimum absolute atomic E-state index is 0.0664. The van der Waals surface area contributed by atoms with Gasteiger partial charge in [0.25, 0.3) is 5.91 Å². The number of pyridine rings is 1. The van der Waals surface area contributed by atoms with E-state index in [1.165, 1.54) is 5.56 Å². The Labute approximate surface area is 199 Å². The van der Waals surface area contributed by atoms with Crippen molar-refractivity contribution in [1.29, 1.82) is 0 Å². The van der Waals surface area contributed by atoms with Gasteiger partial charge in [-0.3, -0.25) is 14.7 Å². The molecule has 34 heavy (non-hydrogen) atoms. The molecule has 8 heteroatoms. The number of benzene rings is 1. The first kappa shape index (κ1) is 22.6. The highest BCUT2D eigenvalue weighted by atomic mass is 16.5. The van der Waals surface area contributed by atoms with E-state index in [0.717, 1.165) is 56.0 Å². The van der Waals surface area contributed by atoms with Crippen molar-refractivity contribution in [3.63, 3.8) is 0 Å². The Bertz CT molecular complexity index is 1090. The molecule has 0 radical (unpaired) electrons. The summed E-state index contributed by atoms with van der Waals surface area (Å²) in [4.78, 5) is 24.2. The molecule has 1 saturated heterocycles. The lowest BCUT2D eigenvalue weighted by Crippen LogP contribution is -2.54. The highest BCUT2D eigenvalue weighted by molar-refractivity contribution is 5.81. The summed E-state index contributed by atoms with van der Waals surface area (Å²) in [6.07, 6.45) is 9.18. The Morgan fingerprint density at radius 1 is 1.18 bits per heavy atom. The molecule has 1 fully saturated rings. The van der Waals surface area contributed by atoms with Crippen molar-refractivity contribution in [3.8, 4) is 5.75 Å². The van der Waals surface area contributed by atoms with Crippen LogP contribution in [0.3, 0.4) is 0 Å². The van der Waals surface area contributed by atoms with Crippen molar-refractivity contribution in [1.82, 2.24) is 24.8 Å². The quantitative estimate of drug-likeness (QED) is 0.582. The number of imidazole rings is 1. The molecule has 1 amide bonds. The Balaban J connectivity index is 1.20. The zero-order valence-corrected chi connectivity index (χ0v) is 19.5. The number of rotatable bonds is 7. The second-order valence-electron chi connectivity index (χ2n) is 9.03. The topological polar surface area (TPSA) is 81.5 Å². The maximum Gasteiger partial charge on any atom is 0.251 e. The summed E-state index contributed by atoms with van der Waals surface area (Å²) >= 11 is 0. The molecule has 178 valence electrons. The number of fused-ring (bicyclic) bond motifs is 2. The third-order valence-corrected chi connectivity index (χ3v) is 6.81. The molecule has 4 heterocycles. The summed E-state index contributed by atoms with van der Waals surface area (Å²) < 4.78 is 13.9. The molecule has 1 N–H and O–H groups in total. The van der Waals surface area contributed by atoms with Crippen LogP contribution in [-0.4, -0.2) is 58.2 Å². The predicted octanol–water partition coefficient (Wildman–Crippen LogP) is 2.54. The van der Waals surface area contributed by atoms with Crippen molar-refractivity contribution < 1.29 is 14.3 Å². The van der Waals surface area contributed by atoms with Crippen LogP contribution in [-0.2, 0) is 34.6 Å². The number of piperidine rings is 1. The monoisotopic (exact) mass is 461 g/mol. The fourth-order valence-electron chi connectivity index (χ4n) is 4.93. The van der Waals surface area contributed by atoms with Gasteiger partial charge >= 0.3 is 0 Å². The molecule has 1 atom stereocenters. The molecule has 5 rings (SSSR count). The van der Waals surface area contributed by atoms with E-state index in [2.05, 4.69) is 36.9 Å². The van der Waals surface area contributed by atoms with E-state index in [-0.39, 0.29) is 5.91 Å². The standard InChI is InChI=1S/C26H31N5O3/c1-33-22-6-4-21(5-7-22)18-30-14-9-26(10-15-30)25-29-13-16-31(25)19-23(34-26)24(32)28-12-8-20-3-2-11-27-17-20/h2-7,11,13,16-17,23H,8-10,12,14-15,18-19H2,1H3,(H,28,32). The van der Waals surface area contributed by atoms with Crippen LogP contribution in [0.1, 0.15) is 29.8 Å². The van der Waals surface area contributed by atoms with E-state index >= 15 is 0 Å². The average molecular weight is 462 g/mol. The number of aromatic nitrogens is 3. The van der Waals surface area contributed by atoms with Crippen molar-refractivity contribution >= 4 is 5.91 Å². The Kier molecular flexibility index (Phi) is 6.60. The highest BCUT2D eigenvalue weighted by Crippen LogP contribution is 2.40. The molecule has 2 aliphatic heterocycles. The van der Waals surface area contributed by atoms with Crippen LogP contribution in [0.2, 0.25) is 0 Å². The maximum atomic E-state index is 13.0. The lowest BCUT2D eigenvalue weighted by Gasteiger charge is -2.45. The fraction of sp³-hybridized carbons (Fsp3) is 0.423. The third-order valence-electron chi connectivity index (χ3n) is 6.81. The van der Waals surface area contributed by atoms with Crippen LogP contribution >= 0.6 is 0 Å². The van der Waals surface area contributed by atoms with Crippen LogP contribution < -0.4 is 10.1 Å². The number of hydrogen-bond acceptors (Lipinski definition) is 6. The Hall–Kier alpha value is -3.23. The van der Waals surface area contributed by atoms with Crippen molar-refractivity contribution in [2.45, 2.75) is 44.1 Å².